The van der Waals surface area contributed by atoms with Crippen LogP contribution in [0.4, 0.5) is 5.82 Å². The van der Waals surface area contributed by atoms with Crippen LogP contribution in [-0.2, 0) is 28.8 Å². The van der Waals surface area contributed by atoms with E-state index in [4.69, 9.17) is 14.7 Å². The molecule has 0 bridgehead atoms. The number of nitrogens with one attached hydrogen (secondary N) is 1. The summed E-state index contributed by atoms with van der Waals surface area (Å²) in [6, 6.07) is 7.84. The molecule has 2 atom stereocenters. The van der Waals surface area contributed by atoms with Gasteiger partial charge in [-0.1, -0.05) is 12.1 Å². The van der Waals surface area contributed by atoms with E-state index in [1.54, 1.807) is 0 Å². The van der Waals surface area contributed by atoms with Gasteiger partial charge in [0.25, 0.3) is 0 Å². The molecule has 36 heavy (non-hydrogen) atoms. The topological polar surface area (TPSA) is 87.6 Å². The van der Waals surface area contributed by atoms with Gasteiger partial charge in [-0.15, -0.1) is 0 Å². The fraction of sp³-hybridized carbons (Fsp3) is 0.621. The Hall–Kier alpha value is -2.51. The first-order valence-electron chi connectivity index (χ1n) is 13.9. The smallest absolute Gasteiger partial charge is 0.325 e. The maximum absolute atomic E-state index is 12.5. The van der Waals surface area contributed by atoms with Gasteiger partial charge in [0.1, 0.15) is 11.9 Å². The number of aryl methyl sites for hydroxylation is 2. The number of carbonyl (C=O) groups is 1. The third kappa shape index (κ3) is 5.57. The molecule has 2 aliphatic heterocycles. The molecule has 3 fully saturated rings. The number of anilines is 1. The molecule has 6 rings (SSSR count). The highest BCUT2D eigenvalue weighted by molar-refractivity contribution is 5.76. The zero-order chi connectivity index (χ0) is 24.5. The molecule has 0 radical (unpaired) electrons. The Bertz CT molecular complexity index is 1100. The Morgan fingerprint density at radius 1 is 1.11 bits per heavy atom. The van der Waals surface area contributed by atoms with Gasteiger partial charge in [-0.3, -0.25) is 14.7 Å². The fourth-order valence-corrected chi connectivity index (χ4v) is 5.80. The molecule has 4 aliphatic rings. The van der Waals surface area contributed by atoms with E-state index in [9.17, 15) is 9.90 Å². The first kappa shape index (κ1) is 23.9. The van der Waals surface area contributed by atoms with Crippen molar-refractivity contribution in [1.29, 1.82) is 0 Å². The number of hydrogen-bond acceptors (Lipinski definition) is 6. The predicted molar refractivity (Wildman–Crippen MR) is 138 cm³/mol. The maximum atomic E-state index is 12.5. The molecule has 2 aromatic heterocycles. The van der Waals surface area contributed by atoms with E-state index in [1.165, 1.54) is 24.8 Å². The number of aliphatic carboxylic acids is 1. The second-order valence-electron chi connectivity index (χ2n) is 11.2. The van der Waals surface area contributed by atoms with E-state index in [0.717, 1.165) is 92.4 Å². The average Bonchev–Trinajstić information content (AvgIpc) is 3.82. The molecular weight excluding hydrogens is 452 g/mol. The molecular formula is C29H38N4O3. The Kier molecular flexibility index (Phi) is 6.94. The molecule has 2 saturated carbocycles. The molecule has 192 valence electrons. The van der Waals surface area contributed by atoms with Gasteiger partial charge in [0.15, 0.2) is 0 Å². The Labute approximate surface area is 213 Å². The lowest BCUT2D eigenvalue weighted by Crippen LogP contribution is -2.34. The van der Waals surface area contributed by atoms with Gasteiger partial charge in [0.05, 0.1) is 6.10 Å². The van der Waals surface area contributed by atoms with E-state index < -0.39 is 12.0 Å². The van der Waals surface area contributed by atoms with Crippen molar-refractivity contribution in [2.75, 3.05) is 31.6 Å². The molecule has 2 unspecified atom stereocenters. The number of carboxylic acids is 1. The minimum atomic E-state index is -0.776. The number of ether oxygens (including phenoxy) is 1. The van der Waals surface area contributed by atoms with Crippen LogP contribution >= 0.6 is 0 Å². The predicted octanol–water partition coefficient (Wildman–Crippen LogP) is 4.51. The van der Waals surface area contributed by atoms with Gasteiger partial charge < -0.3 is 15.2 Å². The summed E-state index contributed by atoms with van der Waals surface area (Å²) in [4.78, 5) is 24.3. The lowest BCUT2D eigenvalue weighted by atomic mass is 9.99. The molecule has 2 N–H and O–H groups in total. The van der Waals surface area contributed by atoms with Crippen LogP contribution in [0.1, 0.15) is 85.1 Å². The molecule has 4 heterocycles. The van der Waals surface area contributed by atoms with Crippen LogP contribution in [0.15, 0.2) is 24.3 Å². The molecule has 0 aromatic carbocycles. The number of pyridine rings is 2. The summed E-state index contributed by atoms with van der Waals surface area (Å²) in [5.41, 5.74) is 5.50. The summed E-state index contributed by atoms with van der Waals surface area (Å²) in [7, 11) is 0. The number of carboxylic acid groups (broad SMARTS) is 1. The lowest BCUT2D eigenvalue weighted by Gasteiger charge is -2.26. The number of likely N-dealkylation sites (tertiary alicyclic amines) is 1. The molecule has 0 amide bonds. The Morgan fingerprint density at radius 2 is 1.97 bits per heavy atom. The summed E-state index contributed by atoms with van der Waals surface area (Å²) >= 11 is 0. The summed E-state index contributed by atoms with van der Waals surface area (Å²) in [5, 5.41) is 13.6. The molecule has 7 heteroatoms. The molecule has 2 aromatic rings. The van der Waals surface area contributed by atoms with Crippen molar-refractivity contribution in [3.63, 3.8) is 0 Å². The van der Waals surface area contributed by atoms with E-state index in [2.05, 4.69) is 34.5 Å². The van der Waals surface area contributed by atoms with E-state index in [0.29, 0.717) is 19.1 Å². The zero-order valence-electron chi connectivity index (χ0n) is 21.1. The maximum Gasteiger partial charge on any atom is 0.325 e. The van der Waals surface area contributed by atoms with Crippen LogP contribution in [0, 0.1) is 5.92 Å². The van der Waals surface area contributed by atoms with Crippen LogP contribution in [0.3, 0.4) is 0 Å². The minimum Gasteiger partial charge on any atom is -0.480 e. The third-order valence-corrected chi connectivity index (χ3v) is 8.13. The first-order valence-corrected chi connectivity index (χ1v) is 13.9. The average molecular weight is 491 g/mol. The quantitative estimate of drug-likeness (QED) is 0.448. The van der Waals surface area contributed by atoms with Gasteiger partial charge in [-0.05, 0) is 87.8 Å². The second kappa shape index (κ2) is 10.5. The van der Waals surface area contributed by atoms with Crippen molar-refractivity contribution in [2.24, 2.45) is 5.92 Å². The molecule has 2 aliphatic carbocycles. The largest absolute Gasteiger partial charge is 0.480 e. The highest BCUT2D eigenvalue weighted by Crippen LogP contribution is 2.44. The summed E-state index contributed by atoms with van der Waals surface area (Å²) in [5.74, 6) is 1.48. The summed E-state index contributed by atoms with van der Waals surface area (Å²) in [6.45, 7) is 3.08. The number of hydrogen-bond donors (Lipinski definition) is 2. The van der Waals surface area contributed by atoms with Crippen molar-refractivity contribution >= 4 is 11.8 Å². The molecule has 0 spiro atoms. The second-order valence-corrected chi connectivity index (χ2v) is 11.2. The summed E-state index contributed by atoms with van der Waals surface area (Å²) in [6.07, 6.45) is 10.9. The Balaban J connectivity index is 1.04. The SMILES string of the molecule is O=C(O)C(c1ccc(CC2CC2)nc1C1CC1)N1CCC(OCCCc2ccc3c(n2)NCCC3)C1. The van der Waals surface area contributed by atoms with Gasteiger partial charge in [0, 0.05) is 54.8 Å². The van der Waals surface area contributed by atoms with Crippen molar-refractivity contribution < 1.29 is 14.6 Å². The van der Waals surface area contributed by atoms with Crippen LogP contribution in [0.5, 0.6) is 0 Å². The van der Waals surface area contributed by atoms with Crippen molar-refractivity contribution in [1.82, 2.24) is 14.9 Å². The van der Waals surface area contributed by atoms with Gasteiger partial charge >= 0.3 is 5.97 Å². The monoisotopic (exact) mass is 490 g/mol. The van der Waals surface area contributed by atoms with E-state index in [-0.39, 0.29) is 6.10 Å². The fourth-order valence-electron chi connectivity index (χ4n) is 5.80. The number of aromatic nitrogens is 2. The van der Waals surface area contributed by atoms with Crippen LogP contribution in [0.2, 0.25) is 0 Å². The van der Waals surface area contributed by atoms with Gasteiger partial charge in [-0.25, -0.2) is 4.98 Å². The minimum absolute atomic E-state index is 0.0801. The number of rotatable bonds is 11. The van der Waals surface area contributed by atoms with Crippen molar-refractivity contribution in [3.05, 3.63) is 52.5 Å². The standard InChI is InChI=1S/C29H38N4O3/c34-29(35)27(25-12-11-23(17-19-5-6-19)31-26(25)20-7-8-20)33-15-13-24(18-33)36-16-2-4-22-10-9-21-3-1-14-30-28(21)32-22/h9-12,19-20,24,27H,1-8,13-18H2,(H,30,32)(H,34,35). The molecule has 7 nitrogen and oxygen atoms in total. The van der Waals surface area contributed by atoms with Crippen LogP contribution < -0.4 is 5.32 Å². The Morgan fingerprint density at radius 3 is 2.78 bits per heavy atom. The summed E-state index contributed by atoms with van der Waals surface area (Å²) < 4.78 is 6.20. The van der Waals surface area contributed by atoms with Crippen LogP contribution in [0.25, 0.3) is 0 Å². The highest BCUT2D eigenvalue weighted by Gasteiger charge is 2.38. The molecule has 1 saturated heterocycles. The normalized spacial score (nSPS) is 22.7. The highest BCUT2D eigenvalue weighted by atomic mass is 16.5. The third-order valence-electron chi connectivity index (χ3n) is 8.13. The van der Waals surface area contributed by atoms with E-state index >= 15 is 0 Å². The first-order chi connectivity index (χ1) is 17.6. The van der Waals surface area contributed by atoms with Gasteiger partial charge in [0.2, 0.25) is 0 Å². The number of fused-ring (bicyclic) bond motifs is 1. The van der Waals surface area contributed by atoms with Crippen molar-refractivity contribution in [2.45, 2.75) is 82.3 Å². The van der Waals surface area contributed by atoms with Gasteiger partial charge in [-0.2, -0.15) is 0 Å². The zero-order valence-corrected chi connectivity index (χ0v) is 21.1. The van der Waals surface area contributed by atoms with Crippen LogP contribution in [-0.4, -0.2) is 58.3 Å². The van der Waals surface area contributed by atoms with E-state index in [1.807, 2.05) is 0 Å². The van der Waals surface area contributed by atoms with Crippen molar-refractivity contribution in [3.8, 4) is 0 Å². The lowest BCUT2D eigenvalue weighted by molar-refractivity contribution is -0.143. The number of nitrogens with zero attached hydrogens (tertiary/aromatic N) is 3.